The number of ether oxygens (including phenoxy) is 1. The van der Waals surface area contributed by atoms with E-state index in [1.807, 2.05) is 24.9 Å². The van der Waals surface area contributed by atoms with Crippen LogP contribution in [0.1, 0.15) is 30.0 Å². The third-order valence-corrected chi connectivity index (χ3v) is 4.57. The summed E-state index contributed by atoms with van der Waals surface area (Å²) < 4.78 is 8.22. The number of rotatable bonds is 3. The normalized spacial score (nSPS) is 15.9. The number of aromatic nitrogens is 3. The van der Waals surface area contributed by atoms with E-state index >= 15 is 0 Å². The minimum Gasteiger partial charge on any atom is -0.375 e. The predicted octanol–water partition coefficient (Wildman–Crippen LogP) is 2.85. The average Bonchev–Trinajstić information content (AvgIpc) is 2.85. The lowest BCUT2D eigenvalue weighted by molar-refractivity contribution is 0.115. The number of anilines is 1. The second-order valence-corrected chi connectivity index (χ2v) is 6.24. The third-order valence-electron chi connectivity index (χ3n) is 3.93. The van der Waals surface area contributed by atoms with Crippen molar-refractivity contribution >= 4 is 21.6 Å². The number of nitrogens with zero attached hydrogens (tertiary/aromatic N) is 4. The van der Waals surface area contributed by atoms with Gasteiger partial charge in [0.15, 0.2) is 0 Å². The molecule has 0 unspecified atom stereocenters. The van der Waals surface area contributed by atoms with Crippen LogP contribution in [0, 0.1) is 0 Å². The highest BCUT2D eigenvalue weighted by molar-refractivity contribution is 9.10. The van der Waals surface area contributed by atoms with Gasteiger partial charge in [-0.1, -0.05) is 0 Å². The smallest absolute Gasteiger partial charge is 0.0974 e. The summed E-state index contributed by atoms with van der Waals surface area (Å²) in [5.41, 5.74) is 4.57. The molecule has 0 amide bonds. The first-order valence-electron chi connectivity index (χ1n) is 7.03. The molecule has 1 atom stereocenters. The molecule has 3 rings (SSSR count). The molecule has 3 heterocycles. The Kier molecular flexibility index (Phi) is 3.99. The van der Waals surface area contributed by atoms with Crippen molar-refractivity contribution < 1.29 is 4.74 Å². The fourth-order valence-electron chi connectivity index (χ4n) is 2.69. The van der Waals surface area contributed by atoms with Gasteiger partial charge in [0.1, 0.15) is 0 Å². The molecule has 0 bridgehead atoms. The summed E-state index contributed by atoms with van der Waals surface area (Å²) >= 11 is 3.61. The molecule has 112 valence electrons. The Morgan fingerprint density at radius 3 is 2.95 bits per heavy atom. The van der Waals surface area contributed by atoms with Gasteiger partial charge >= 0.3 is 0 Å². The lowest BCUT2D eigenvalue weighted by Crippen LogP contribution is -2.30. The van der Waals surface area contributed by atoms with Crippen molar-refractivity contribution in [1.82, 2.24) is 14.8 Å². The summed E-state index contributed by atoms with van der Waals surface area (Å²) in [6.07, 6.45) is 4.99. The van der Waals surface area contributed by atoms with Crippen LogP contribution < -0.4 is 4.90 Å². The molecule has 1 aliphatic rings. The van der Waals surface area contributed by atoms with Crippen molar-refractivity contribution in [2.75, 3.05) is 18.6 Å². The Morgan fingerprint density at radius 1 is 1.43 bits per heavy atom. The van der Waals surface area contributed by atoms with Crippen molar-refractivity contribution in [3.05, 3.63) is 39.9 Å². The van der Waals surface area contributed by atoms with Crippen molar-refractivity contribution in [3.8, 4) is 0 Å². The lowest BCUT2D eigenvalue weighted by Gasteiger charge is -2.28. The van der Waals surface area contributed by atoms with Gasteiger partial charge in [-0.15, -0.1) is 0 Å². The Hall–Kier alpha value is -1.40. The number of pyridine rings is 1. The van der Waals surface area contributed by atoms with Crippen molar-refractivity contribution in [1.29, 1.82) is 0 Å². The Labute approximate surface area is 133 Å². The van der Waals surface area contributed by atoms with Crippen LogP contribution in [0.25, 0.3) is 0 Å². The van der Waals surface area contributed by atoms with Crippen LogP contribution in [-0.2, 0) is 24.8 Å². The van der Waals surface area contributed by atoms with Gasteiger partial charge in [-0.05, 0) is 28.9 Å². The standard InChI is InChI=1S/C15H19BrN4O/c1-10(21-3)15-13(16)6-12(7-17-15)20-5-4-14-11(9-20)8-19(2)18-14/h6-8,10H,4-5,9H2,1-3H3/t10-/m0/s1. The zero-order valence-electron chi connectivity index (χ0n) is 12.5. The maximum Gasteiger partial charge on any atom is 0.0974 e. The summed E-state index contributed by atoms with van der Waals surface area (Å²) in [7, 11) is 3.67. The molecule has 2 aromatic heterocycles. The molecule has 2 aromatic rings. The molecule has 0 saturated carbocycles. The van der Waals surface area contributed by atoms with Crippen molar-refractivity contribution in [2.24, 2.45) is 7.05 Å². The van der Waals surface area contributed by atoms with E-state index in [1.165, 1.54) is 11.3 Å². The average molecular weight is 351 g/mol. The first kappa shape index (κ1) is 14.5. The van der Waals surface area contributed by atoms with E-state index in [0.29, 0.717) is 0 Å². The number of aryl methyl sites for hydroxylation is 1. The molecule has 0 N–H and O–H groups in total. The predicted molar refractivity (Wildman–Crippen MR) is 85.3 cm³/mol. The van der Waals surface area contributed by atoms with Gasteiger partial charge in [0, 0.05) is 49.9 Å². The number of hydrogen-bond donors (Lipinski definition) is 0. The Bertz CT molecular complexity index is 655. The van der Waals surface area contributed by atoms with Gasteiger partial charge in [-0.2, -0.15) is 5.10 Å². The minimum absolute atomic E-state index is 0.0142. The van der Waals surface area contributed by atoms with E-state index in [4.69, 9.17) is 4.74 Å². The van der Waals surface area contributed by atoms with Crippen LogP contribution in [0.3, 0.4) is 0 Å². The van der Waals surface area contributed by atoms with Crippen LogP contribution in [0.15, 0.2) is 22.9 Å². The molecule has 0 radical (unpaired) electrons. The highest BCUT2D eigenvalue weighted by Crippen LogP contribution is 2.29. The maximum absolute atomic E-state index is 5.33. The Morgan fingerprint density at radius 2 is 2.24 bits per heavy atom. The van der Waals surface area contributed by atoms with Gasteiger partial charge < -0.3 is 9.64 Å². The first-order chi connectivity index (χ1) is 10.1. The molecule has 0 saturated heterocycles. The summed E-state index contributed by atoms with van der Waals surface area (Å²) in [6.45, 7) is 3.85. The number of fused-ring (bicyclic) bond motifs is 1. The molecule has 6 heteroatoms. The monoisotopic (exact) mass is 350 g/mol. The third kappa shape index (κ3) is 2.82. The summed E-state index contributed by atoms with van der Waals surface area (Å²) in [6, 6.07) is 2.12. The van der Waals surface area contributed by atoms with E-state index in [0.717, 1.165) is 35.4 Å². The van der Waals surface area contributed by atoms with Crippen molar-refractivity contribution in [3.63, 3.8) is 0 Å². The highest BCUT2D eigenvalue weighted by atomic mass is 79.9. The number of hydrogen-bond acceptors (Lipinski definition) is 4. The second-order valence-electron chi connectivity index (χ2n) is 5.38. The number of methoxy groups -OCH3 is 1. The fraction of sp³-hybridized carbons (Fsp3) is 0.467. The molecule has 0 fully saturated rings. The van der Waals surface area contributed by atoms with Crippen LogP contribution in [0.4, 0.5) is 5.69 Å². The van der Waals surface area contributed by atoms with E-state index in [2.05, 4.69) is 43.2 Å². The van der Waals surface area contributed by atoms with Crippen LogP contribution in [0.5, 0.6) is 0 Å². The summed E-state index contributed by atoms with van der Waals surface area (Å²) in [4.78, 5) is 6.89. The van der Waals surface area contributed by atoms with Crippen LogP contribution in [-0.4, -0.2) is 28.4 Å². The topological polar surface area (TPSA) is 43.2 Å². The van der Waals surface area contributed by atoms with Gasteiger partial charge in [0.2, 0.25) is 0 Å². The molecule has 21 heavy (non-hydrogen) atoms. The first-order valence-corrected chi connectivity index (χ1v) is 7.82. The molecule has 5 nitrogen and oxygen atoms in total. The highest BCUT2D eigenvalue weighted by Gasteiger charge is 2.20. The van der Waals surface area contributed by atoms with Crippen LogP contribution >= 0.6 is 15.9 Å². The van der Waals surface area contributed by atoms with E-state index < -0.39 is 0 Å². The zero-order valence-corrected chi connectivity index (χ0v) is 14.1. The van der Waals surface area contributed by atoms with E-state index in [-0.39, 0.29) is 6.10 Å². The zero-order chi connectivity index (χ0) is 15.0. The van der Waals surface area contributed by atoms with Crippen LogP contribution in [0.2, 0.25) is 0 Å². The molecule has 0 aliphatic carbocycles. The SMILES string of the molecule is CO[C@@H](C)c1ncc(N2CCc3nn(C)cc3C2)cc1Br. The lowest BCUT2D eigenvalue weighted by atomic mass is 10.1. The molecule has 0 aromatic carbocycles. The molecule has 1 aliphatic heterocycles. The fourth-order valence-corrected chi connectivity index (χ4v) is 3.35. The molecular formula is C15H19BrN4O. The molecular weight excluding hydrogens is 332 g/mol. The van der Waals surface area contributed by atoms with E-state index in [1.54, 1.807) is 7.11 Å². The Balaban J connectivity index is 1.84. The molecule has 0 spiro atoms. The van der Waals surface area contributed by atoms with Gasteiger partial charge in [-0.3, -0.25) is 9.67 Å². The van der Waals surface area contributed by atoms with E-state index in [9.17, 15) is 0 Å². The quantitative estimate of drug-likeness (QED) is 0.853. The minimum atomic E-state index is -0.0142. The largest absolute Gasteiger partial charge is 0.375 e. The second kappa shape index (κ2) is 5.77. The maximum atomic E-state index is 5.33. The number of halogens is 1. The van der Waals surface area contributed by atoms with Crippen molar-refractivity contribution in [2.45, 2.75) is 26.0 Å². The van der Waals surface area contributed by atoms with Gasteiger partial charge in [0.05, 0.1) is 29.4 Å². The summed E-state index contributed by atoms with van der Waals surface area (Å²) in [5.74, 6) is 0. The van der Waals surface area contributed by atoms with Gasteiger partial charge in [-0.25, -0.2) is 0 Å². The summed E-state index contributed by atoms with van der Waals surface area (Å²) in [5, 5.41) is 4.49. The van der Waals surface area contributed by atoms with Gasteiger partial charge in [0.25, 0.3) is 0 Å².